The normalized spacial score (nSPS) is 60.1. The smallest absolute Gasteiger partial charge is 0.187 e. The quantitative estimate of drug-likeness (QED) is 0.156. The number of fused-ring (bicyclic) bond motifs is 7. The van der Waals surface area contributed by atoms with Gasteiger partial charge in [-0.25, -0.2) is 0 Å². The van der Waals surface area contributed by atoms with Gasteiger partial charge >= 0.3 is 0 Å². The SMILES string of the molecule is C[C@@H]1CC[C@@]2(OC1)O[C@H]1C[C@H]3[C@@H]4C[C@H](O)[C@H]5C[C@@H](O[C@@H]6O[C@H](CO)[C@@H](O[C@H]7O[C@@H](C)[C@H](O)[C@@H](O)[C@H]7O)[C@H](O)[C@H]6O[C@H]6O[C@@H](C)[C@H](O)[C@@H](O)[C@H]6O)CC[C@]5(C)[C@H]4CC[C@]3(C)[C@H]1[C@@H]2C. The van der Waals surface area contributed by atoms with E-state index in [4.69, 9.17) is 37.9 Å². The van der Waals surface area contributed by atoms with Gasteiger partial charge in [0.05, 0.1) is 43.7 Å². The Hall–Kier alpha value is -0.680. The van der Waals surface area contributed by atoms with Crippen LogP contribution < -0.4 is 0 Å². The fourth-order valence-corrected chi connectivity index (χ4v) is 14.6. The third-order valence-electron chi connectivity index (χ3n) is 18.2. The van der Waals surface area contributed by atoms with Crippen molar-refractivity contribution < 1.29 is 83.9 Å². The molecule has 0 aromatic heterocycles. The van der Waals surface area contributed by atoms with E-state index in [1.807, 2.05) is 0 Å². The lowest BCUT2D eigenvalue weighted by atomic mass is 9.43. The summed E-state index contributed by atoms with van der Waals surface area (Å²) >= 11 is 0. The third kappa shape index (κ3) is 7.47. The molecule has 0 radical (unpaired) electrons. The van der Waals surface area contributed by atoms with Crippen molar-refractivity contribution >= 4 is 0 Å². The van der Waals surface area contributed by atoms with Crippen molar-refractivity contribution in [1.82, 2.24) is 0 Å². The highest BCUT2D eigenvalue weighted by Crippen LogP contribution is 2.71. The molecule has 9 N–H and O–H groups in total. The molecule has 4 aliphatic carbocycles. The van der Waals surface area contributed by atoms with Crippen molar-refractivity contribution in [3.05, 3.63) is 0 Å². The largest absolute Gasteiger partial charge is 0.394 e. The van der Waals surface area contributed by atoms with Crippen molar-refractivity contribution in [2.75, 3.05) is 13.2 Å². The van der Waals surface area contributed by atoms with Gasteiger partial charge in [-0.15, -0.1) is 0 Å². The lowest BCUT2D eigenvalue weighted by molar-refractivity contribution is -0.389. The average Bonchev–Trinajstić information content (AvgIpc) is 3.69. The lowest BCUT2D eigenvalue weighted by Crippen LogP contribution is -2.66. The minimum atomic E-state index is -1.73. The number of ether oxygens (including phenoxy) is 8. The van der Waals surface area contributed by atoms with Crippen molar-refractivity contribution in [2.24, 2.45) is 52.3 Å². The number of rotatable bonds is 7. The molecule has 62 heavy (non-hydrogen) atoms. The molecule has 356 valence electrons. The first-order valence-electron chi connectivity index (χ1n) is 23.6. The van der Waals surface area contributed by atoms with Gasteiger partial charge in [-0.3, -0.25) is 0 Å². The minimum Gasteiger partial charge on any atom is -0.394 e. The van der Waals surface area contributed by atoms with Gasteiger partial charge in [-0.1, -0.05) is 27.7 Å². The maximum absolute atomic E-state index is 12.2. The first-order valence-corrected chi connectivity index (χ1v) is 23.6. The summed E-state index contributed by atoms with van der Waals surface area (Å²) in [7, 11) is 0. The van der Waals surface area contributed by atoms with E-state index in [0.29, 0.717) is 54.8 Å². The second-order valence-electron chi connectivity index (χ2n) is 21.6. The average molecular weight is 887 g/mol. The van der Waals surface area contributed by atoms with Crippen LogP contribution in [0.1, 0.15) is 99.3 Å². The molecule has 0 bridgehead atoms. The maximum Gasteiger partial charge on any atom is 0.187 e. The second kappa shape index (κ2) is 17.1. The zero-order valence-corrected chi connectivity index (χ0v) is 37.0. The Morgan fingerprint density at radius 3 is 1.82 bits per heavy atom. The van der Waals surface area contributed by atoms with Crippen LogP contribution in [0.3, 0.4) is 0 Å². The van der Waals surface area contributed by atoms with Gasteiger partial charge in [-0.2, -0.15) is 0 Å². The number of aliphatic hydroxyl groups excluding tert-OH is 9. The van der Waals surface area contributed by atoms with Gasteiger partial charge < -0.3 is 83.9 Å². The molecule has 4 saturated carbocycles. The molecule has 28 atom stereocenters. The monoisotopic (exact) mass is 886 g/mol. The highest BCUT2D eigenvalue weighted by atomic mass is 16.8. The van der Waals surface area contributed by atoms with Crippen molar-refractivity contribution in [2.45, 2.75) is 216 Å². The molecule has 9 rings (SSSR count). The minimum absolute atomic E-state index is 0.0869. The van der Waals surface area contributed by atoms with Crippen molar-refractivity contribution in [3.8, 4) is 0 Å². The molecule has 0 aromatic rings. The number of hydrogen-bond donors (Lipinski definition) is 9. The molecule has 1 spiro atoms. The topological polar surface area (TPSA) is 256 Å². The summed E-state index contributed by atoms with van der Waals surface area (Å²) in [6, 6.07) is 0. The van der Waals surface area contributed by atoms with Crippen LogP contribution in [0.5, 0.6) is 0 Å². The van der Waals surface area contributed by atoms with Crippen molar-refractivity contribution in [1.29, 1.82) is 0 Å². The Bertz CT molecular complexity index is 1570. The molecule has 0 aromatic carbocycles. The summed E-state index contributed by atoms with van der Waals surface area (Å²) in [6.07, 6.45) is -14.9. The zero-order chi connectivity index (χ0) is 44.4. The molecule has 5 heterocycles. The molecule has 17 nitrogen and oxygen atoms in total. The van der Waals surface area contributed by atoms with Crippen LogP contribution in [0.2, 0.25) is 0 Å². The molecule has 17 heteroatoms. The number of aliphatic hydroxyl groups is 9. The van der Waals surface area contributed by atoms with E-state index in [-0.39, 0.29) is 22.9 Å². The van der Waals surface area contributed by atoms with Gasteiger partial charge in [0.1, 0.15) is 61.0 Å². The molecule has 5 aliphatic heterocycles. The Labute approximate surface area is 364 Å². The Morgan fingerprint density at radius 2 is 1.21 bits per heavy atom. The molecule has 0 unspecified atom stereocenters. The van der Waals surface area contributed by atoms with E-state index in [0.717, 1.165) is 45.1 Å². The summed E-state index contributed by atoms with van der Waals surface area (Å²) in [5, 5.41) is 98.1. The van der Waals surface area contributed by atoms with E-state index < -0.39 is 117 Å². The molecule has 9 aliphatic rings. The van der Waals surface area contributed by atoms with E-state index in [1.165, 1.54) is 13.8 Å². The summed E-state index contributed by atoms with van der Waals surface area (Å²) in [6.45, 7) is 12.5. The van der Waals surface area contributed by atoms with Gasteiger partial charge in [0.15, 0.2) is 24.7 Å². The van der Waals surface area contributed by atoms with Crippen LogP contribution in [0.15, 0.2) is 0 Å². The zero-order valence-electron chi connectivity index (χ0n) is 37.0. The number of hydrogen-bond acceptors (Lipinski definition) is 17. The maximum atomic E-state index is 12.2. The van der Waals surface area contributed by atoms with Crippen LogP contribution >= 0.6 is 0 Å². The first-order chi connectivity index (χ1) is 29.3. The molecule has 0 amide bonds. The summed E-state index contributed by atoms with van der Waals surface area (Å²) in [5.41, 5.74) is -0.0539. The predicted molar refractivity (Wildman–Crippen MR) is 214 cm³/mol. The summed E-state index contributed by atoms with van der Waals surface area (Å²) < 4.78 is 50.0. The highest BCUT2D eigenvalue weighted by Gasteiger charge is 2.70. The van der Waals surface area contributed by atoms with Gasteiger partial charge in [0, 0.05) is 12.3 Å². The van der Waals surface area contributed by atoms with Crippen molar-refractivity contribution in [3.63, 3.8) is 0 Å². The van der Waals surface area contributed by atoms with Crippen LogP contribution in [0.4, 0.5) is 0 Å². The highest BCUT2D eigenvalue weighted by molar-refractivity contribution is 5.16. The summed E-state index contributed by atoms with van der Waals surface area (Å²) in [4.78, 5) is 0. The Kier molecular flexibility index (Phi) is 12.8. The first kappa shape index (κ1) is 46.4. The molecular weight excluding hydrogens is 812 g/mol. The van der Waals surface area contributed by atoms with Crippen LogP contribution in [-0.2, 0) is 37.9 Å². The Morgan fingerprint density at radius 1 is 0.581 bits per heavy atom. The van der Waals surface area contributed by atoms with E-state index in [1.54, 1.807) is 0 Å². The Balaban J connectivity index is 0.913. The van der Waals surface area contributed by atoms with Gasteiger partial charge in [-0.05, 0) is 112 Å². The van der Waals surface area contributed by atoms with Gasteiger partial charge in [0.2, 0.25) is 0 Å². The standard InChI is InChI=1S/C45H74O17/c1-18-7-12-45(55-17-18)19(2)30-28(62-45)15-25-23-14-27(47)26-13-22(8-10-43(26,5)24(23)9-11-44(25,30)6)58-42-39(61-41-36(53)34(51)32(49)21(4)57-41)37(54)38(29(16-46)59-42)60-40-35(52)33(50)31(48)20(3)56-40/h18-42,46-54H,7-17H2,1-6H3/t18-,19+,20+,21+,22+,23-,24+,25+,26-,27+,28+,29-,30+,31+,32+,33-,34-,35-,36-,37+,38-,39-,40-,41-,42-,43-,44+,45-/m1/s1. The lowest BCUT2D eigenvalue weighted by Gasteiger charge is -2.62. The van der Waals surface area contributed by atoms with Gasteiger partial charge in [0.25, 0.3) is 0 Å². The van der Waals surface area contributed by atoms with Crippen LogP contribution in [0.25, 0.3) is 0 Å². The van der Waals surface area contributed by atoms with E-state index >= 15 is 0 Å². The molecular formula is C45H74O17. The van der Waals surface area contributed by atoms with E-state index in [9.17, 15) is 46.0 Å². The fourth-order valence-electron chi connectivity index (χ4n) is 14.6. The molecule has 9 fully saturated rings. The second-order valence-corrected chi connectivity index (χ2v) is 21.6. The third-order valence-corrected chi connectivity index (χ3v) is 18.2. The van der Waals surface area contributed by atoms with E-state index in [2.05, 4.69) is 27.7 Å². The van der Waals surface area contributed by atoms with Crippen LogP contribution in [0, 0.1) is 52.3 Å². The predicted octanol–water partition coefficient (Wildman–Crippen LogP) is 0.292. The van der Waals surface area contributed by atoms with Crippen LogP contribution in [-0.4, -0.2) is 175 Å². The fraction of sp³-hybridized carbons (Fsp3) is 1.00. The summed E-state index contributed by atoms with van der Waals surface area (Å²) in [5.74, 6) is 1.92. The molecule has 5 saturated heterocycles.